The first kappa shape index (κ1) is 54.9. The first-order valence-electron chi connectivity index (χ1n) is 21.6. The normalized spacial score (nSPS) is 18.6. The smallest absolute Gasteiger partial charge is 0.325 e. The number of benzene rings is 1. The lowest BCUT2D eigenvalue weighted by Crippen LogP contribution is -2.59. The first-order chi connectivity index (χ1) is 32.0. The number of amides is 3. The Kier molecular flexibility index (Phi) is 23.4. The van der Waals surface area contributed by atoms with E-state index in [0.29, 0.717) is 103 Å². The SMILES string of the molecule is CS(=O)(=O)c1nc(CCCNC(=O)CCOCCOCCOCCOCCn2cc(CCCCNC(=O)Nc3ccc(O[C@H]4O[C@H](CCP(=O)(O)O)[C@@H](O)[C@H](O)[C@@H]4O)cc3)nn2)ccc1C#N. The zero-order chi connectivity index (χ0) is 48.7. The van der Waals surface area contributed by atoms with Crippen molar-refractivity contribution in [1.29, 1.82) is 5.26 Å². The summed E-state index contributed by atoms with van der Waals surface area (Å²) in [4.78, 5) is 46.8. The number of nitrogens with one attached hydrogen (secondary N) is 3. The highest BCUT2D eigenvalue weighted by Crippen LogP contribution is 2.37. The number of aryl methyl sites for hydroxylation is 2. The molecule has 5 atom stereocenters. The van der Waals surface area contributed by atoms with Gasteiger partial charge in [-0.3, -0.25) is 9.36 Å². The van der Waals surface area contributed by atoms with Gasteiger partial charge in [0.15, 0.2) is 14.9 Å². The third kappa shape index (κ3) is 21.0. The van der Waals surface area contributed by atoms with Crippen LogP contribution in [0.5, 0.6) is 5.75 Å². The molecule has 0 bridgehead atoms. The standard InChI is InChI=1S/C41H61N8O16PS/c1-67(58,59)39-29(27-42)7-8-30(45-39)6-4-16-43-35(50)13-18-60-20-22-62-24-25-63-23-21-61-19-17-49-28-32(47-48-49)5-2-3-15-44-41(54)46-31-9-11-33(12-10-31)64-40-38(53)37(52)36(51)34(65-40)14-26-66(55,56)57/h7-12,28,34,36-38,40,51-53H,2-6,13-26H2,1H3,(H,43,50)(H2,44,46,54)(H2,55,56,57)/t34-,36-,37+,38+,40+/m1/s1. The zero-order valence-corrected chi connectivity index (χ0v) is 38.9. The molecular weight excluding hydrogens is 924 g/mol. The van der Waals surface area contributed by atoms with Gasteiger partial charge in [0.05, 0.1) is 82.9 Å². The number of carbonyl (C=O) groups excluding carboxylic acids is 2. The molecule has 1 fully saturated rings. The van der Waals surface area contributed by atoms with E-state index in [1.807, 2.05) is 12.3 Å². The van der Waals surface area contributed by atoms with Crippen molar-refractivity contribution < 1.29 is 76.1 Å². The van der Waals surface area contributed by atoms with E-state index < -0.39 is 60.3 Å². The van der Waals surface area contributed by atoms with Crippen LogP contribution in [0.2, 0.25) is 0 Å². The molecule has 1 aliphatic rings. The number of nitriles is 1. The van der Waals surface area contributed by atoms with E-state index >= 15 is 0 Å². The van der Waals surface area contributed by atoms with Gasteiger partial charge in [-0.25, -0.2) is 22.9 Å². The number of aromatic nitrogens is 4. The molecule has 1 aromatic carbocycles. The number of pyridine rings is 1. The summed E-state index contributed by atoms with van der Waals surface area (Å²) in [5, 5.41) is 56.1. The minimum Gasteiger partial charge on any atom is -0.462 e. The Balaban J connectivity index is 0.926. The highest BCUT2D eigenvalue weighted by molar-refractivity contribution is 7.90. The number of ether oxygens (including phenoxy) is 6. The molecule has 3 aromatic rings. The molecule has 0 aliphatic carbocycles. The van der Waals surface area contributed by atoms with E-state index in [1.165, 1.54) is 18.2 Å². The largest absolute Gasteiger partial charge is 0.462 e. The van der Waals surface area contributed by atoms with Gasteiger partial charge in [0.25, 0.3) is 0 Å². The van der Waals surface area contributed by atoms with Gasteiger partial charge >= 0.3 is 13.6 Å². The highest BCUT2D eigenvalue weighted by atomic mass is 32.2. The number of anilines is 1. The number of aliphatic hydroxyl groups is 3. The van der Waals surface area contributed by atoms with Gasteiger partial charge in [-0.1, -0.05) is 5.21 Å². The lowest BCUT2D eigenvalue weighted by Gasteiger charge is -2.40. The number of aliphatic hydroxyl groups excluding tert-OH is 3. The number of urea groups is 1. The van der Waals surface area contributed by atoms with Crippen molar-refractivity contribution in [3.8, 4) is 11.8 Å². The number of carbonyl (C=O) groups is 2. The molecule has 3 amide bonds. The Morgan fingerprint density at radius 3 is 2.13 bits per heavy atom. The van der Waals surface area contributed by atoms with Crippen molar-refractivity contribution in [2.45, 2.75) is 87.2 Å². The predicted molar refractivity (Wildman–Crippen MR) is 237 cm³/mol. The topological polar surface area (TPSA) is 345 Å². The Hall–Kier alpha value is -4.68. The molecule has 4 rings (SSSR count). The average molecular weight is 985 g/mol. The monoisotopic (exact) mass is 984 g/mol. The Labute approximate surface area is 388 Å². The van der Waals surface area contributed by atoms with E-state index in [1.54, 1.807) is 22.9 Å². The van der Waals surface area contributed by atoms with E-state index in [-0.39, 0.29) is 41.7 Å². The van der Waals surface area contributed by atoms with E-state index in [2.05, 4.69) is 31.2 Å². The lowest BCUT2D eigenvalue weighted by molar-refractivity contribution is -0.272. The van der Waals surface area contributed by atoms with Crippen LogP contribution in [-0.4, -0.2) is 175 Å². The predicted octanol–water partition coefficient (Wildman–Crippen LogP) is 0.0524. The summed E-state index contributed by atoms with van der Waals surface area (Å²) in [6.07, 6.45) is -2.15. The Morgan fingerprint density at radius 1 is 0.836 bits per heavy atom. The quantitative estimate of drug-likeness (QED) is 0.0312. The number of hydrogen-bond acceptors (Lipinski definition) is 18. The van der Waals surface area contributed by atoms with Crippen molar-refractivity contribution in [2.24, 2.45) is 0 Å². The van der Waals surface area contributed by atoms with Crippen LogP contribution in [0.1, 0.15) is 49.1 Å². The number of rotatable bonds is 31. The van der Waals surface area contributed by atoms with E-state index in [9.17, 15) is 37.9 Å². The first-order valence-corrected chi connectivity index (χ1v) is 25.3. The molecule has 1 saturated heterocycles. The molecule has 1 aliphatic heterocycles. The molecule has 0 unspecified atom stereocenters. The van der Waals surface area contributed by atoms with Gasteiger partial charge in [-0.05, 0) is 74.9 Å². The number of nitrogens with zero attached hydrogens (tertiary/aromatic N) is 5. The van der Waals surface area contributed by atoms with Crippen LogP contribution in [0.15, 0.2) is 47.6 Å². The van der Waals surface area contributed by atoms with Crippen LogP contribution in [0.4, 0.5) is 10.5 Å². The van der Waals surface area contributed by atoms with Gasteiger partial charge in [0.1, 0.15) is 30.1 Å². The molecule has 2 aromatic heterocycles. The molecular formula is C41H61N8O16PS. The molecule has 0 spiro atoms. The van der Waals surface area contributed by atoms with Crippen LogP contribution in [-0.2, 0) is 62.3 Å². The van der Waals surface area contributed by atoms with Crippen LogP contribution in [0, 0.1) is 11.3 Å². The van der Waals surface area contributed by atoms with Gasteiger partial charge in [0, 0.05) is 43.3 Å². The lowest BCUT2D eigenvalue weighted by atomic mass is 9.97. The fourth-order valence-corrected chi connectivity index (χ4v) is 7.71. The summed E-state index contributed by atoms with van der Waals surface area (Å²) < 4.78 is 69.8. The van der Waals surface area contributed by atoms with Crippen molar-refractivity contribution in [2.75, 3.05) is 83.7 Å². The maximum Gasteiger partial charge on any atom is 0.325 e. The second kappa shape index (κ2) is 28.6. The molecule has 0 saturated carbocycles. The fourth-order valence-electron chi connectivity index (χ4n) is 6.33. The van der Waals surface area contributed by atoms with Crippen molar-refractivity contribution >= 4 is 35.1 Å². The molecule has 67 heavy (non-hydrogen) atoms. The number of sulfone groups is 1. The summed E-state index contributed by atoms with van der Waals surface area (Å²) in [6, 6.07) is 10.5. The third-order valence-electron chi connectivity index (χ3n) is 9.84. The van der Waals surface area contributed by atoms with Gasteiger partial charge in [-0.2, -0.15) is 5.26 Å². The molecule has 0 radical (unpaired) electrons. The van der Waals surface area contributed by atoms with Crippen LogP contribution >= 0.6 is 7.60 Å². The second-order valence-electron chi connectivity index (χ2n) is 15.3. The van der Waals surface area contributed by atoms with Crippen LogP contribution in [0.3, 0.4) is 0 Å². The minimum atomic E-state index is -4.38. The molecule has 26 heteroatoms. The van der Waals surface area contributed by atoms with Crippen LogP contribution < -0.4 is 20.7 Å². The molecule has 24 nitrogen and oxygen atoms in total. The summed E-state index contributed by atoms with van der Waals surface area (Å²) in [7, 11) is -8.01. The second-order valence-corrected chi connectivity index (χ2v) is 19.0. The average Bonchev–Trinajstić information content (AvgIpc) is 3.74. The Morgan fingerprint density at radius 2 is 1.48 bits per heavy atom. The van der Waals surface area contributed by atoms with Gasteiger partial charge < -0.3 is 69.5 Å². The summed E-state index contributed by atoms with van der Waals surface area (Å²) in [5.41, 5.74) is 1.79. The minimum absolute atomic E-state index is 0.00241. The summed E-state index contributed by atoms with van der Waals surface area (Å²) in [6.45, 7) is 4.23. The van der Waals surface area contributed by atoms with Crippen LogP contribution in [0.25, 0.3) is 0 Å². The van der Waals surface area contributed by atoms with E-state index in [0.717, 1.165) is 18.4 Å². The summed E-state index contributed by atoms with van der Waals surface area (Å²) in [5.74, 6) is 0.0420. The molecule has 3 heterocycles. The summed E-state index contributed by atoms with van der Waals surface area (Å²) >= 11 is 0. The number of hydrogen-bond donors (Lipinski definition) is 8. The highest BCUT2D eigenvalue weighted by Gasteiger charge is 2.45. The zero-order valence-electron chi connectivity index (χ0n) is 37.2. The van der Waals surface area contributed by atoms with E-state index in [4.69, 9.17) is 43.5 Å². The maximum atomic E-state index is 12.4. The Bertz CT molecular complexity index is 2170. The number of unbranched alkanes of at least 4 members (excludes halogenated alkanes) is 1. The molecule has 8 N–H and O–H groups in total. The van der Waals surface area contributed by atoms with Gasteiger partial charge in [0.2, 0.25) is 12.2 Å². The third-order valence-corrected chi connectivity index (χ3v) is 11.7. The van der Waals surface area contributed by atoms with Crippen molar-refractivity contribution in [3.05, 3.63) is 59.5 Å². The maximum absolute atomic E-state index is 12.4. The van der Waals surface area contributed by atoms with Crippen molar-refractivity contribution in [1.82, 2.24) is 30.6 Å². The van der Waals surface area contributed by atoms with Crippen molar-refractivity contribution in [3.63, 3.8) is 0 Å². The molecule has 372 valence electrons. The van der Waals surface area contributed by atoms with Gasteiger partial charge in [-0.15, -0.1) is 5.10 Å². The fraction of sp³-hybridized carbons (Fsp3) is 0.610.